The largest absolute Gasteiger partial charge is 0.416 e. The molecule has 1 heterocycles. The average Bonchev–Trinajstić information content (AvgIpc) is 2.48. The molecule has 0 saturated carbocycles. The molecule has 0 aromatic carbocycles. The highest BCUT2D eigenvalue weighted by molar-refractivity contribution is 7.99. The Morgan fingerprint density at radius 1 is 1.58 bits per heavy atom. The van der Waals surface area contributed by atoms with Crippen LogP contribution in [0.4, 0.5) is 0 Å². The third-order valence-corrected chi connectivity index (χ3v) is 2.05. The zero-order chi connectivity index (χ0) is 8.97. The Kier molecular flexibility index (Phi) is 3.34. The van der Waals surface area contributed by atoms with E-state index >= 15 is 0 Å². The Balaban J connectivity index is 2.58. The zero-order valence-corrected chi connectivity index (χ0v) is 8.10. The Morgan fingerprint density at radius 2 is 2.33 bits per heavy atom. The van der Waals surface area contributed by atoms with Crippen molar-refractivity contribution >= 4 is 11.8 Å². The van der Waals surface area contributed by atoms with Crippen LogP contribution in [0, 0.1) is 0 Å². The maximum absolute atomic E-state index is 5.34. The summed E-state index contributed by atoms with van der Waals surface area (Å²) in [6.45, 7) is 7.65. The van der Waals surface area contributed by atoms with Crippen LogP contribution < -0.4 is 0 Å². The topological polar surface area (TPSA) is 38.9 Å². The fourth-order valence-corrected chi connectivity index (χ4v) is 1.15. The predicted molar refractivity (Wildman–Crippen MR) is 49.3 cm³/mol. The number of nitrogens with zero attached hydrogens (tertiary/aromatic N) is 2. The molecule has 0 radical (unpaired) electrons. The highest BCUT2D eigenvalue weighted by Crippen LogP contribution is 2.19. The number of hydrogen-bond donors (Lipinski definition) is 0. The number of rotatable bonds is 4. The first-order chi connectivity index (χ1) is 5.74. The first-order valence-corrected chi connectivity index (χ1v) is 4.79. The van der Waals surface area contributed by atoms with Crippen LogP contribution in [-0.2, 0) is 0 Å². The van der Waals surface area contributed by atoms with Gasteiger partial charge in [-0.05, 0) is 0 Å². The van der Waals surface area contributed by atoms with Gasteiger partial charge in [0.05, 0.1) is 0 Å². The van der Waals surface area contributed by atoms with Gasteiger partial charge in [-0.15, -0.1) is 16.8 Å². The molecule has 0 unspecified atom stereocenters. The van der Waals surface area contributed by atoms with E-state index < -0.39 is 0 Å². The molecule has 0 bridgehead atoms. The van der Waals surface area contributed by atoms with E-state index in [1.54, 1.807) is 0 Å². The van der Waals surface area contributed by atoms with Gasteiger partial charge in [0.25, 0.3) is 5.22 Å². The van der Waals surface area contributed by atoms with E-state index in [1.807, 2.05) is 19.9 Å². The Labute approximate surface area is 76.3 Å². The third kappa shape index (κ3) is 2.37. The van der Waals surface area contributed by atoms with Crippen LogP contribution in [0.2, 0.25) is 0 Å². The standard InChI is InChI=1S/C8H12N2OS/c1-4-5-12-8-10-9-7(11-8)6(2)3/h4,6H,1,5H2,2-3H3. The Bertz CT molecular complexity index is 257. The van der Waals surface area contributed by atoms with E-state index in [1.165, 1.54) is 11.8 Å². The van der Waals surface area contributed by atoms with Crippen molar-refractivity contribution in [3.05, 3.63) is 18.5 Å². The lowest BCUT2D eigenvalue weighted by Gasteiger charge is -1.93. The second-order valence-electron chi connectivity index (χ2n) is 2.66. The normalized spacial score (nSPS) is 10.6. The van der Waals surface area contributed by atoms with Crippen molar-refractivity contribution in [3.63, 3.8) is 0 Å². The summed E-state index contributed by atoms with van der Waals surface area (Å²) in [7, 11) is 0. The molecule has 12 heavy (non-hydrogen) atoms. The van der Waals surface area contributed by atoms with Crippen molar-refractivity contribution in [1.29, 1.82) is 0 Å². The van der Waals surface area contributed by atoms with Crippen LogP contribution in [-0.4, -0.2) is 16.0 Å². The summed E-state index contributed by atoms with van der Waals surface area (Å²) in [5, 5.41) is 8.39. The lowest BCUT2D eigenvalue weighted by Crippen LogP contribution is -1.85. The van der Waals surface area contributed by atoms with Crippen molar-refractivity contribution < 1.29 is 4.42 Å². The minimum Gasteiger partial charge on any atom is -0.416 e. The van der Waals surface area contributed by atoms with Gasteiger partial charge in [0.15, 0.2) is 0 Å². The maximum Gasteiger partial charge on any atom is 0.276 e. The summed E-state index contributed by atoms with van der Waals surface area (Å²) in [6, 6.07) is 0. The first-order valence-electron chi connectivity index (χ1n) is 3.81. The van der Waals surface area contributed by atoms with Gasteiger partial charge in [0.1, 0.15) is 0 Å². The summed E-state index contributed by atoms with van der Waals surface area (Å²) < 4.78 is 5.34. The minimum atomic E-state index is 0.301. The molecule has 0 fully saturated rings. The smallest absolute Gasteiger partial charge is 0.276 e. The zero-order valence-electron chi connectivity index (χ0n) is 7.28. The molecule has 4 heteroatoms. The summed E-state index contributed by atoms with van der Waals surface area (Å²) in [5.74, 6) is 1.80. The summed E-state index contributed by atoms with van der Waals surface area (Å²) in [5.41, 5.74) is 0. The van der Waals surface area contributed by atoms with Crippen molar-refractivity contribution in [3.8, 4) is 0 Å². The van der Waals surface area contributed by atoms with Gasteiger partial charge in [0, 0.05) is 11.7 Å². The second kappa shape index (κ2) is 4.30. The van der Waals surface area contributed by atoms with Gasteiger partial charge in [-0.25, -0.2) is 0 Å². The molecule has 0 aliphatic carbocycles. The molecule has 1 rings (SSSR count). The van der Waals surface area contributed by atoms with Crippen LogP contribution >= 0.6 is 11.8 Å². The molecule has 0 saturated heterocycles. The van der Waals surface area contributed by atoms with Gasteiger partial charge in [-0.2, -0.15) is 0 Å². The van der Waals surface area contributed by atoms with Crippen molar-refractivity contribution in [2.24, 2.45) is 0 Å². The van der Waals surface area contributed by atoms with Crippen LogP contribution in [0.25, 0.3) is 0 Å². The van der Waals surface area contributed by atoms with Crippen LogP contribution in [0.3, 0.4) is 0 Å². The van der Waals surface area contributed by atoms with E-state index in [2.05, 4.69) is 16.8 Å². The molecule has 1 aromatic heterocycles. The molecule has 0 atom stereocenters. The van der Waals surface area contributed by atoms with Gasteiger partial charge in [0.2, 0.25) is 5.89 Å². The quantitative estimate of drug-likeness (QED) is 0.532. The Morgan fingerprint density at radius 3 is 2.83 bits per heavy atom. The molecule has 0 aliphatic heterocycles. The Hall–Kier alpha value is -0.770. The van der Waals surface area contributed by atoms with Gasteiger partial charge in [-0.3, -0.25) is 0 Å². The van der Waals surface area contributed by atoms with Crippen molar-refractivity contribution in [2.45, 2.75) is 25.0 Å². The molecule has 0 spiro atoms. The monoisotopic (exact) mass is 184 g/mol. The summed E-state index contributed by atoms with van der Waals surface area (Å²) in [6.07, 6.45) is 1.81. The molecule has 1 aromatic rings. The van der Waals surface area contributed by atoms with Crippen molar-refractivity contribution in [1.82, 2.24) is 10.2 Å². The number of hydrogen-bond acceptors (Lipinski definition) is 4. The van der Waals surface area contributed by atoms with Gasteiger partial charge in [-0.1, -0.05) is 31.7 Å². The van der Waals surface area contributed by atoms with E-state index in [4.69, 9.17) is 4.42 Å². The third-order valence-electron chi connectivity index (χ3n) is 1.24. The minimum absolute atomic E-state index is 0.301. The number of aromatic nitrogens is 2. The highest BCUT2D eigenvalue weighted by atomic mass is 32.2. The van der Waals surface area contributed by atoms with E-state index in [-0.39, 0.29) is 0 Å². The number of thioether (sulfide) groups is 1. The average molecular weight is 184 g/mol. The van der Waals surface area contributed by atoms with Crippen molar-refractivity contribution in [2.75, 3.05) is 5.75 Å². The lowest BCUT2D eigenvalue weighted by molar-refractivity contribution is 0.398. The predicted octanol–water partition coefficient (Wildman–Crippen LogP) is 2.47. The molecular formula is C8H12N2OS. The lowest BCUT2D eigenvalue weighted by atomic mass is 10.2. The maximum atomic E-state index is 5.34. The van der Waals surface area contributed by atoms with Crippen LogP contribution in [0.1, 0.15) is 25.7 Å². The van der Waals surface area contributed by atoms with Gasteiger partial charge < -0.3 is 4.42 Å². The molecule has 3 nitrogen and oxygen atoms in total. The fraction of sp³-hybridized carbons (Fsp3) is 0.500. The molecule has 0 amide bonds. The summed E-state index contributed by atoms with van der Waals surface area (Å²) >= 11 is 1.50. The highest BCUT2D eigenvalue weighted by Gasteiger charge is 2.08. The molecular weight excluding hydrogens is 172 g/mol. The molecule has 0 aliphatic rings. The molecule has 66 valence electrons. The first kappa shape index (κ1) is 9.32. The van der Waals surface area contributed by atoms with E-state index in [9.17, 15) is 0 Å². The SMILES string of the molecule is C=CCSc1nnc(C(C)C)o1. The van der Waals surface area contributed by atoms with E-state index in [0.717, 1.165) is 5.75 Å². The second-order valence-corrected chi connectivity index (χ2v) is 3.63. The van der Waals surface area contributed by atoms with Crippen LogP contribution in [0.5, 0.6) is 0 Å². The fourth-order valence-electron chi connectivity index (χ4n) is 0.642. The molecule has 0 N–H and O–H groups in total. The van der Waals surface area contributed by atoms with Crippen LogP contribution in [0.15, 0.2) is 22.3 Å². The van der Waals surface area contributed by atoms with E-state index in [0.29, 0.717) is 17.0 Å². The summed E-state index contributed by atoms with van der Waals surface area (Å²) in [4.78, 5) is 0. The van der Waals surface area contributed by atoms with Gasteiger partial charge >= 0.3 is 0 Å².